The third-order valence-electron chi connectivity index (χ3n) is 4.02. The van der Waals surface area contributed by atoms with Gasteiger partial charge in [0.1, 0.15) is 5.78 Å². The maximum atomic E-state index is 11.3. The van der Waals surface area contributed by atoms with Crippen LogP contribution in [0, 0.1) is 5.92 Å². The van der Waals surface area contributed by atoms with Crippen LogP contribution in [0.1, 0.15) is 37.3 Å². The molecule has 0 aliphatic heterocycles. The van der Waals surface area contributed by atoms with Gasteiger partial charge in [-0.05, 0) is 36.5 Å². The minimum atomic E-state index is -0.205. The first kappa shape index (κ1) is 12.2. The van der Waals surface area contributed by atoms with Crippen molar-refractivity contribution in [1.29, 1.82) is 0 Å². The number of rotatable bonds is 2. The molecule has 0 radical (unpaired) electrons. The number of nitrogens with two attached hydrogens (primary N) is 1. The van der Waals surface area contributed by atoms with Gasteiger partial charge >= 0.3 is 5.69 Å². The van der Waals surface area contributed by atoms with E-state index in [1.54, 1.807) is 0 Å². The number of carbonyl (C=O) groups excluding carboxylic acids is 1. The quantitative estimate of drug-likeness (QED) is 0.765. The number of Topliss-reactive ketones (excluding diaryl/α,β-unsaturated/α-hetero) is 1. The highest BCUT2D eigenvalue weighted by Gasteiger charge is 2.25. The molecule has 4 N–H and O–H groups in total. The molecule has 19 heavy (non-hydrogen) atoms. The first-order valence-electron chi connectivity index (χ1n) is 6.63. The van der Waals surface area contributed by atoms with Crippen molar-refractivity contribution < 1.29 is 4.79 Å². The molecule has 1 saturated carbocycles. The van der Waals surface area contributed by atoms with E-state index in [1.165, 1.54) is 0 Å². The molecule has 2 aromatic rings. The molecule has 1 atom stereocenters. The Morgan fingerprint density at radius 1 is 1.11 bits per heavy atom. The van der Waals surface area contributed by atoms with Crippen molar-refractivity contribution in [3.8, 4) is 0 Å². The van der Waals surface area contributed by atoms with E-state index in [0.717, 1.165) is 29.4 Å². The number of ketones is 1. The first-order valence-corrected chi connectivity index (χ1v) is 6.63. The van der Waals surface area contributed by atoms with Crippen molar-refractivity contribution in [3.63, 3.8) is 0 Å². The second-order valence-electron chi connectivity index (χ2n) is 5.29. The monoisotopic (exact) mass is 259 g/mol. The predicted molar refractivity (Wildman–Crippen MR) is 72.8 cm³/mol. The summed E-state index contributed by atoms with van der Waals surface area (Å²) < 4.78 is 0. The van der Waals surface area contributed by atoms with Gasteiger partial charge in [-0.3, -0.25) is 4.79 Å². The zero-order chi connectivity index (χ0) is 13.4. The SMILES string of the molecule is NC(c1ccc2[nH]c(=O)[nH]c2c1)C1CCC(=O)CC1. The minimum absolute atomic E-state index is 0.0732. The molecule has 1 heterocycles. The number of benzene rings is 1. The van der Waals surface area contributed by atoms with E-state index in [9.17, 15) is 9.59 Å². The van der Waals surface area contributed by atoms with Gasteiger partial charge in [-0.15, -0.1) is 0 Å². The lowest BCUT2D eigenvalue weighted by Crippen LogP contribution is -2.26. The Morgan fingerprint density at radius 2 is 1.79 bits per heavy atom. The van der Waals surface area contributed by atoms with Crippen molar-refractivity contribution in [2.24, 2.45) is 11.7 Å². The van der Waals surface area contributed by atoms with Crippen LogP contribution in [0.3, 0.4) is 0 Å². The number of nitrogens with one attached hydrogen (secondary N) is 2. The maximum absolute atomic E-state index is 11.3. The summed E-state index contributed by atoms with van der Waals surface area (Å²) in [6.45, 7) is 0. The van der Waals surface area contributed by atoms with E-state index in [4.69, 9.17) is 5.73 Å². The molecule has 1 aliphatic rings. The van der Waals surface area contributed by atoms with Gasteiger partial charge in [-0.2, -0.15) is 0 Å². The molecular weight excluding hydrogens is 242 g/mol. The van der Waals surface area contributed by atoms with E-state index >= 15 is 0 Å². The molecule has 1 aromatic carbocycles. The lowest BCUT2D eigenvalue weighted by molar-refractivity contribution is -0.121. The number of aromatic nitrogens is 2. The van der Waals surface area contributed by atoms with E-state index < -0.39 is 0 Å². The number of hydrogen-bond donors (Lipinski definition) is 3. The van der Waals surface area contributed by atoms with Gasteiger partial charge in [0.05, 0.1) is 11.0 Å². The van der Waals surface area contributed by atoms with Gasteiger partial charge in [0.25, 0.3) is 0 Å². The summed E-state index contributed by atoms with van der Waals surface area (Å²) in [5, 5.41) is 0. The fourth-order valence-corrected chi connectivity index (χ4v) is 2.85. The Bertz CT molecular complexity index is 661. The van der Waals surface area contributed by atoms with Crippen molar-refractivity contribution in [2.75, 3.05) is 0 Å². The van der Waals surface area contributed by atoms with Crippen molar-refractivity contribution in [3.05, 3.63) is 34.2 Å². The summed E-state index contributed by atoms with van der Waals surface area (Å²) in [4.78, 5) is 27.9. The second-order valence-corrected chi connectivity index (χ2v) is 5.29. The van der Waals surface area contributed by atoms with Crippen molar-refractivity contribution in [1.82, 2.24) is 9.97 Å². The van der Waals surface area contributed by atoms with Gasteiger partial charge in [0, 0.05) is 18.9 Å². The molecule has 1 fully saturated rings. The van der Waals surface area contributed by atoms with E-state index in [0.29, 0.717) is 24.5 Å². The second kappa shape index (κ2) is 4.66. The zero-order valence-electron chi connectivity index (χ0n) is 10.6. The first-order chi connectivity index (χ1) is 9.13. The number of hydrogen-bond acceptors (Lipinski definition) is 3. The lowest BCUT2D eigenvalue weighted by Gasteiger charge is -2.27. The highest BCUT2D eigenvalue weighted by Crippen LogP contribution is 2.32. The molecular formula is C14H17N3O2. The predicted octanol–water partition coefficient (Wildman–Crippen LogP) is 1.62. The van der Waals surface area contributed by atoms with Gasteiger partial charge < -0.3 is 15.7 Å². The van der Waals surface area contributed by atoms with Crippen LogP contribution in [0.2, 0.25) is 0 Å². The third kappa shape index (κ3) is 2.33. The molecule has 1 unspecified atom stereocenters. The lowest BCUT2D eigenvalue weighted by atomic mass is 9.81. The summed E-state index contributed by atoms with van der Waals surface area (Å²) in [6.07, 6.45) is 3.01. The Labute approximate surface area is 110 Å². The Hall–Kier alpha value is -1.88. The van der Waals surface area contributed by atoms with Gasteiger partial charge in [0.15, 0.2) is 0 Å². The van der Waals surface area contributed by atoms with Crippen LogP contribution >= 0.6 is 0 Å². The van der Waals surface area contributed by atoms with Crippen LogP contribution in [-0.4, -0.2) is 15.8 Å². The van der Waals surface area contributed by atoms with Crippen molar-refractivity contribution in [2.45, 2.75) is 31.7 Å². The zero-order valence-corrected chi connectivity index (χ0v) is 10.6. The van der Waals surface area contributed by atoms with Crippen molar-refractivity contribution >= 4 is 16.8 Å². The van der Waals surface area contributed by atoms with E-state index in [2.05, 4.69) is 9.97 Å². The number of fused-ring (bicyclic) bond motifs is 1. The topological polar surface area (TPSA) is 91.7 Å². The number of carbonyl (C=O) groups is 1. The van der Waals surface area contributed by atoms with E-state index in [-0.39, 0.29) is 11.7 Å². The highest BCUT2D eigenvalue weighted by molar-refractivity contribution is 5.79. The average molecular weight is 259 g/mol. The van der Waals surface area contributed by atoms with Crippen LogP contribution in [0.25, 0.3) is 11.0 Å². The molecule has 3 rings (SSSR count). The normalized spacial score (nSPS) is 18.9. The molecule has 0 bridgehead atoms. The van der Waals surface area contributed by atoms with Gasteiger partial charge in [-0.1, -0.05) is 6.07 Å². The third-order valence-corrected chi connectivity index (χ3v) is 4.02. The van der Waals surface area contributed by atoms with Gasteiger partial charge in [0.2, 0.25) is 0 Å². The van der Waals surface area contributed by atoms with Gasteiger partial charge in [-0.25, -0.2) is 4.79 Å². The number of H-pyrrole nitrogens is 2. The minimum Gasteiger partial charge on any atom is -0.324 e. The smallest absolute Gasteiger partial charge is 0.323 e. The summed E-state index contributed by atoms with van der Waals surface area (Å²) >= 11 is 0. The fourth-order valence-electron chi connectivity index (χ4n) is 2.85. The molecule has 0 amide bonds. The Morgan fingerprint density at radius 3 is 2.53 bits per heavy atom. The molecule has 100 valence electrons. The molecule has 5 heteroatoms. The Kier molecular flexibility index (Phi) is 2.98. The summed E-state index contributed by atoms with van der Waals surface area (Å²) in [7, 11) is 0. The standard InChI is InChI=1S/C14H17N3O2/c15-13(8-1-4-10(18)5-2-8)9-3-6-11-12(7-9)17-14(19)16-11/h3,6-8,13H,1-2,4-5,15H2,(H2,16,17,19). The van der Waals surface area contributed by atoms with Crippen LogP contribution in [0.5, 0.6) is 0 Å². The van der Waals surface area contributed by atoms with Crippen LogP contribution in [0.15, 0.2) is 23.0 Å². The Balaban J connectivity index is 1.86. The average Bonchev–Trinajstić information content (AvgIpc) is 2.77. The summed E-state index contributed by atoms with van der Waals surface area (Å²) in [6, 6.07) is 5.67. The molecule has 1 aromatic heterocycles. The fraction of sp³-hybridized carbons (Fsp3) is 0.429. The number of imidazole rings is 1. The summed E-state index contributed by atoms with van der Waals surface area (Å²) in [5.74, 6) is 0.690. The number of aromatic amines is 2. The molecule has 5 nitrogen and oxygen atoms in total. The largest absolute Gasteiger partial charge is 0.324 e. The molecule has 1 aliphatic carbocycles. The summed E-state index contributed by atoms with van der Waals surface area (Å²) in [5.41, 5.74) is 8.68. The molecule has 0 spiro atoms. The van der Waals surface area contributed by atoms with E-state index in [1.807, 2.05) is 18.2 Å². The van der Waals surface area contributed by atoms with Crippen LogP contribution in [0.4, 0.5) is 0 Å². The maximum Gasteiger partial charge on any atom is 0.323 e. The van der Waals surface area contributed by atoms with Crippen LogP contribution < -0.4 is 11.4 Å². The van der Waals surface area contributed by atoms with Crippen LogP contribution in [-0.2, 0) is 4.79 Å². The highest BCUT2D eigenvalue weighted by atomic mass is 16.1. The molecule has 0 saturated heterocycles.